The van der Waals surface area contributed by atoms with Crippen LogP contribution in [0, 0.1) is 0 Å². The Morgan fingerprint density at radius 2 is 2.47 bits per heavy atom. The Morgan fingerprint density at radius 1 is 1.67 bits per heavy atom. The average molecular weight is 228 g/mol. The lowest BCUT2D eigenvalue weighted by Crippen LogP contribution is -2.33. The van der Waals surface area contributed by atoms with E-state index >= 15 is 0 Å². The van der Waals surface area contributed by atoms with Gasteiger partial charge >= 0.3 is 5.97 Å². The highest BCUT2D eigenvalue weighted by molar-refractivity contribution is 6.30. The number of carboxylic acid groups (broad SMARTS) is 1. The Labute approximate surface area is 91.8 Å². The van der Waals surface area contributed by atoms with E-state index in [9.17, 15) is 4.79 Å². The molecule has 1 aliphatic rings. The van der Waals surface area contributed by atoms with Crippen molar-refractivity contribution >= 4 is 23.3 Å². The van der Waals surface area contributed by atoms with Crippen molar-refractivity contribution in [1.29, 1.82) is 0 Å². The van der Waals surface area contributed by atoms with Crippen LogP contribution >= 0.6 is 11.6 Å². The van der Waals surface area contributed by atoms with Crippen LogP contribution in [0.15, 0.2) is 18.2 Å². The van der Waals surface area contributed by atoms with E-state index in [1.54, 1.807) is 18.2 Å². The van der Waals surface area contributed by atoms with Crippen LogP contribution in [-0.2, 0) is 4.79 Å². The first-order valence-electron chi connectivity index (χ1n) is 4.56. The molecule has 15 heavy (non-hydrogen) atoms. The van der Waals surface area contributed by atoms with Crippen LogP contribution < -0.4 is 10.1 Å². The monoisotopic (exact) mass is 227 g/mol. The maximum atomic E-state index is 10.5. The van der Waals surface area contributed by atoms with E-state index in [-0.39, 0.29) is 12.5 Å². The molecule has 5 heteroatoms. The molecule has 0 unspecified atom stereocenters. The molecule has 4 nitrogen and oxygen atoms in total. The number of halogens is 1. The summed E-state index contributed by atoms with van der Waals surface area (Å²) in [6.45, 7) is 0.347. The van der Waals surface area contributed by atoms with E-state index in [1.807, 2.05) is 0 Å². The number of aliphatic carboxylic acids is 1. The van der Waals surface area contributed by atoms with Crippen molar-refractivity contribution in [2.45, 2.75) is 12.5 Å². The van der Waals surface area contributed by atoms with Crippen molar-refractivity contribution in [2.75, 3.05) is 11.9 Å². The van der Waals surface area contributed by atoms with Gasteiger partial charge in [0.1, 0.15) is 12.4 Å². The van der Waals surface area contributed by atoms with Gasteiger partial charge in [-0.3, -0.25) is 4.79 Å². The van der Waals surface area contributed by atoms with E-state index in [0.717, 1.165) is 5.69 Å². The van der Waals surface area contributed by atoms with Crippen LogP contribution in [0.25, 0.3) is 0 Å². The van der Waals surface area contributed by atoms with Gasteiger partial charge in [-0.1, -0.05) is 11.6 Å². The number of rotatable bonds is 2. The summed E-state index contributed by atoms with van der Waals surface area (Å²) in [6, 6.07) is 5.04. The Bertz CT molecular complexity index is 394. The summed E-state index contributed by atoms with van der Waals surface area (Å²) in [4.78, 5) is 10.5. The predicted octanol–water partition coefficient (Wildman–Crippen LogP) is 1.99. The Balaban J connectivity index is 2.13. The maximum absolute atomic E-state index is 10.5. The smallest absolute Gasteiger partial charge is 0.305 e. The fraction of sp³-hybridized carbons (Fsp3) is 0.300. The molecular weight excluding hydrogens is 218 g/mol. The number of carbonyl (C=O) groups is 1. The minimum atomic E-state index is -0.839. The van der Waals surface area contributed by atoms with E-state index in [0.29, 0.717) is 17.4 Å². The minimum absolute atomic E-state index is 0.0437. The van der Waals surface area contributed by atoms with E-state index in [4.69, 9.17) is 21.4 Å². The summed E-state index contributed by atoms with van der Waals surface area (Å²) < 4.78 is 5.41. The standard InChI is InChI=1S/C10H10ClNO3/c11-6-1-2-8-9(3-6)15-5-7(12-8)4-10(13)14/h1-3,7,12H,4-5H2,(H,13,14)/t7-/m1/s1. The molecule has 1 atom stereocenters. The number of hydrogen-bond donors (Lipinski definition) is 2. The Hall–Kier alpha value is -1.42. The molecule has 1 aromatic carbocycles. The number of carboxylic acids is 1. The molecule has 0 saturated heterocycles. The zero-order chi connectivity index (χ0) is 10.8. The lowest BCUT2D eigenvalue weighted by Gasteiger charge is -2.26. The number of hydrogen-bond acceptors (Lipinski definition) is 3. The second-order valence-corrected chi connectivity index (χ2v) is 3.83. The van der Waals surface area contributed by atoms with E-state index in [2.05, 4.69) is 5.32 Å². The zero-order valence-electron chi connectivity index (χ0n) is 7.87. The quantitative estimate of drug-likeness (QED) is 0.811. The van der Waals surface area contributed by atoms with Crippen molar-refractivity contribution in [3.63, 3.8) is 0 Å². The third kappa shape index (κ3) is 2.33. The number of ether oxygens (including phenoxy) is 1. The molecule has 80 valence electrons. The largest absolute Gasteiger partial charge is 0.489 e. The first kappa shape index (κ1) is 10.1. The summed E-state index contributed by atoms with van der Waals surface area (Å²) in [6.07, 6.45) is 0.0437. The van der Waals surface area contributed by atoms with Crippen LogP contribution in [-0.4, -0.2) is 23.7 Å². The lowest BCUT2D eigenvalue weighted by atomic mass is 10.1. The van der Waals surface area contributed by atoms with Crippen molar-refractivity contribution in [1.82, 2.24) is 0 Å². The summed E-state index contributed by atoms with van der Waals surface area (Å²) in [5.41, 5.74) is 0.789. The SMILES string of the molecule is O=C(O)C[C@@H]1COc2cc(Cl)ccc2N1. The Kier molecular flexibility index (Phi) is 2.68. The highest BCUT2D eigenvalue weighted by Gasteiger charge is 2.20. The van der Waals surface area contributed by atoms with Gasteiger partial charge in [0.05, 0.1) is 18.2 Å². The molecule has 0 saturated carbocycles. The molecule has 0 spiro atoms. The van der Waals surface area contributed by atoms with Gasteiger partial charge < -0.3 is 15.2 Å². The number of fused-ring (bicyclic) bond motifs is 1. The van der Waals surface area contributed by atoms with Gasteiger partial charge in [0.25, 0.3) is 0 Å². The maximum Gasteiger partial charge on any atom is 0.305 e. The molecule has 1 heterocycles. The summed E-state index contributed by atoms with van der Waals surface area (Å²) in [7, 11) is 0. The second kappa shape index (κ2) is 3.98. The number of anilines is 1. The minimum Gasteiger partial charge on any atom is -0.489 e. The van der Waals surface area contributed by atoms with Gasteiger partial charge in [-0.25, -0.2) is 0 Å². The normalized spacial score (nSPS) is 18.6. The van der Waals surface area contributed by atoms with Gasteiger partial charge in [0.2, 0.25) is 0 Å². The van der Waals surface area contributed by atoms with Gasteiger partial charge in [-0.05, 0) is 12.1 Å². The summed E-state index contributed by atoms with van der Waals surface area (Å²) in [5, 5.41) is 12.3. The predicted molar refractivity (Wildman–Crippen MR) is 56.6 cm³/mol. The fourth-order valence-corrected chi connectivity index (χ4v) is 1.67. The highest BCUT2D eigenvalue weighted by Crippen LogP contribution is 2.31. The number of benzene rings is 1. The summed E-state index contributed by atoms with van der Waals surface area (Å²) >= 11 is 5.80. The third-order valence-electron chi connectivity index (χ3n) is 2.16. The van der Waals surface area contributed by atoms with Crippen LogP contribution in [0.1, 0.15) is 6.42 Å². The molecule has 1 aliphatic heterocycles. The first-order valence-corrected chi connectivity index (χ1v) is 4.93. The van der Waals surface area contributed by atoms with Crippen LogP contribution in [0.2, 0.25) is 5.02 Å². The van der Waals surface area contributed by atoms with Crippen LogP contribution in [0.4, 0.5) is 5.69 Å². The van der Waals surface area contributed by atoms with Crippen molar-refractivity contribution < 1.29 is 14.6 Å². The van der Waals surface area contributed by atoms with E-state index < -0.39 is 5.97 Å². The fourth-order valence-electron chi connectivity index (χ4n) is 1.51. The van der Waals surface area contributed by atoms with Gasteiger partial charge in [0, 0.05) is 11.1 Å². The second-order valence-electron chi connectivity index (χ2n) is 3.39. The average Bonchev–Trinajstić information content (AvgIpc) is 2.17. The topological polar surface area (TPSA) is 58.6 Å². The first-order chi connectivity index (χ1) is 7.15. The molecule has 0 aromatic heterocycles. The summed E-state index contributed by atoms with van der Waals surface area (Å²) in [5.74, 6) is -0.169. The third-order valence-corrected chi connectivity index (χ3v) is 2.40. The van der Waals surface area contributed by atoms with Crippen molar-refractivity contribution in [3.8, 4) is 5.75 Å². The highest BCUT2D eigenvalue weighted by atomic mass is 35.5. The molecule has 0 fully saturated rings. The molecule has 0 amide bonds. The molecule has 0 radical (unpaired) electrons. The van der Waals surface area contributed by atoms with Crippen molar-refractivity contribution in [3.05, 3.63) is 23.2 Å². The zero-order valence-corrected chi connectivity index (χ0v) is 8.62. The number of nitrogens with one attached hydrogen (secondary N) is 1. The molecule has 0 bridgehead atoms. The Morgan fingerprint density at radius 3 is 3.20 bits per heavy atom. The van der Waals surface area contributed by atoms with Crippen LogP contribution in [0.5, 0.6) is 5.75 Å². The van der Waals surface area contributed by atoms with E-state index in [1.165, 1.54) is 0 Å². The van der Waals surface area contributed by atoms with Gasteiger partial charge in [-0.2, -0.15) is 0 Å². The lowest BCUT2D eigenvalue weighted by molar-refractivity contribution is -0.137. The molecule has 1 aromatic rings. The van der Waals surface area contributed by atoms with Crippen LogP contribution in [0.3, 0.4) is 0 Å². The van der Waals surface area contributed by atoms with Crippen molar-refractivity contribution in [2.24, 2.45) is 0 Å². The van der Waals surface area contributed by atoms with Gasteiger partial charge in [0.15, 0.2) is 0 Å². The van der Waals surface area contributed by atoms with Gasteiger partial charge in [-0.15, -0.1) is 0 Å². The molecule has 2 N–H and O–H groups in total. The molecule has 2 rings (SSSR count). The molecule has 0 aliphatic carbocycles. The molecular formula is C10H10ClNO3.